The largest absolute Gasteiger partial charge is 0.374 e. The first-order valence-corrected chi connectivity index (χ1v) is 4.64. The third kappa shape index (κ3) is 2.23. The molecule has 2 N–H and O–H groups in total. The van der Waals surface area contributed by atoms with Crippen molar-refractivity contribution in [1.82, 2.24) is 10.2 Å². The van der Waals surface area contributed by atoms with E-state index in [1.807, 2.05) is 6.92 Å². The summed E-state index contributed by atoms with van der Waals surface area (Å²) in [5.41, 5.74) is 5.39. The van der Waals surface area contributed by atoms with Gasteiger partial charge < -0.3 is 10.5 Å². The van der Waals surface area contributed by atoms with E-state index in [-0.39, 0.29) is 6.10 Å². The second-order valence-electron chi connectivity index (χ2n) is 2.45. The number of rotatable bonds is 4. The molecule has 0 aliphatic carbocycles. The lowest BCUT2D eigenvalue weighted by atomic mass is 10.4. The summed E-state index contributed by atoms with van der Waals surface area (Å²) in [6.45, 7) is 2.57. The Labute approximate surface area is 75.8 Å². The molecule has 0 fully saturated rings. The van der Waals surface area contributed by atoms with Crippen molar-refractivity contribution in [3.63, 3.8) is 0 Å². The predicted octanol–water partition coefficient (Wildman–Crippen LogP) is 0.747. The third-order valence-corrected chi connectivity index (χ3v) is 2.69. The van der Waals surface area contributed by atoms with Gasteiger partial charge in [0.1, 0.15) is 16.1 Å². The van der Waals surface area contributed by atoms with Crippen molar-refractivity contribution in [3.8, 4) is 0 Å². The van der Waals surface area contributed by atoms with E-state index >= 15 is 0 Å². The molecule has 0 aliphatic rings. The second kappa shape index (κ2) is 4.49. The quantitative estimate of drug-likeness (QED) is 0.755. The van der Waals surface area contributed by atoms with Crippen LogP contribution in [0.1, 0.15) is 23.0 Å². The van der Waals surface area contributed by atoms with Crippen molar-refractivity contribution in [2.75, 3.05) is 13.7 Å². The fraction of sp³-hybridized carbons (Fsp3) is 0.714. The van der Waals surface area contributed by atoms with E-state index in [1.165, 1.54) is 0 Å². The van der Waals surface area contributed by atoms with Gasteiger partial charge in [0.05, 0.1) is 0 Å². The molecule has 5 heteroatoms. The Kier molecular flexibility index (Phi) is 3.58. The molecule has 1 unspecified atom stereocenters. The fourth-order valence-electron chi connectivity index (χ4n) is 0.756. The zero-order valence-corrected chi connectivity index (χ0v) is 8.10. The van der Waals surface area contributed by atoms with Gasteiger partial charge in [0, 0.05) is 13.5 Å². The highest BCUT2D eigenvalue weighted by molar-refractivity contribution is 7.11. The Morgan fingerprint density at radius 3 is 2.92 bits per heavy atom. The van der Waals surface area contributed by atoms with E-state index in [2.05, 4.69) is 10.2 Å². The van der Waals surface area contributed by atoms with Crippen molar-refractivity contribution in [1.29, 1.82) is 0 Å². The summed E-state index contributed by atoms with van der Waals surface area (Å²) in [6, 6.07) is 0. The predicted molar refractivity (Wildman–Crippen MR) is 48.1 cm³/mol. The number of methoxy groups -OCH3 is 1. The summed E-state index contributed by atoms with van der Waals surface area (Å²) in [5, 5.41) is 9.88. The van der Waals surface area contributed by atoms with Crippen molar-refractivity contribution >= 4 is 11.3 Å². The number of hydrogen-bond acceptors (Lipinski definition) is 5. The average Bonchev–Trinajstić information content (AvgIpc) is 2.52. The molecule has 12 heavy (non-hydrogen) atoms. The summed E-state index contributed by atoms with van der Waals surface area (Å²) in [7, 11) is 1.66. The first-order chi connectivity index (χ1) is 5.77. The molecule has 1 heterocycles. The molecule has 0 radical (unpaired) electrons. The molecule has 0 spiro atoms. The van der Waals surface area contributed by atoms with Gasteiger partial charge in [-0.3, -0.25) is 0 Å². The van der Waals surface area contributed by atoms with Gasteiger partial charge in [-0.2, -0.15) is 0 Å². The van der Waals surface area contributed by atoms with E-state index in [0.717, 1.165) is 16.4 Å². The van der Waals surface area contributed by atoms with Crippen LogP contribution >= 0.6 is 11.3 Å². The average molecular weight is 187 g/mol. The maximum absolute atomic E-state index is 5.39. The summed E-state index contributed by atoms with van der Waals surface area (Å²) in [6.07, 6.45) is 0.836. The van der Waals surface area contributed by atoms with Crippen LogP contribution in [0.5, 0.6) is 0 Å². The summed E-state index contributed by atoms with van der Waals surface area (Å²) in [5.74, 6) is 0. The molecule has 1 aromatic heterocycles. The summed E-state index contributed by atoms with van der Waals surface area (Å²) >= 11 is 1.56. The lowest BCUT2D eigenvalue weighted by Gasteiger charge is -2.01. The lowest BCUT2D eigenvalue weighted by molar-refractivity contribution is 0.118. The Morgan fingerprint density at radius 2 is 2.33 bits per heavy atom. The standard InChI is InChI=1S/C7H13N3OS/c1-5(11-2)7-10-9-6(12-7)3-4-8/h5H,3-4,8H2,1-2H3. The van der Waals surface area contributed by atoms with Crippen LogP contribution in [-0.2, 0) is 11.2 Å². The van der Waals surface area contributed by atoms with Crippen molar-refractivity contribution < 1.29 is 4.74 Å². The van der Waals surface area contributed by atoms with Gasteiger partial charge in [-0.15, -0.1) is 10.2 Å². The number of aromatic nitrogens is 2. The SMILES string of the molecule is COC(C)c1nnc(CCN)s1. The second-order valence-corrected chi connectivity index (χ2v) is 3.54. The zero-order chi connectivity index (χ0) is 8.97. The molecule has 0 saturated carbocycles. The Balaban J connectivity index is 2.63. The minimum atomic E-state index is 0.0361. The third-order valence-electron chi connectivity index (χ3n) is 1.54. The lowest BCUT2D eigenvalue weighted by Crippen LogP contribution is -2.01. The maximum Gasteiger partial charge on any atom is 0.146 e. The van der Waals surface area contributed by atoms with Crippen molar-refractivity contribution in [3.05, 3.63) is 10.0 Å². The van der Waals surface area contributed by atoms with Gasteiger partial charge >= 0.3 is 0 Å². The zero-order valence-electron chi connectivity index (χ0n) is 7.28. The number of ether oxygens (including phenoxy) is 1. The van der Waals surface area contributed by atoms with Crippen LogP contribution in [0.2, 0.25) is 0 Å². The van der Waals surface area contributed by atoms with Gasteiger partial charge in [0.25, 0.3) is 0 Å². The minimum absolute atomic E-state index is 0.0361. The van der Waals surface area contributed by atoms with Crippen LogP contribution < -0.4 is 5.73 Å². The van der Waals surface area contributed by atoms with Crippen molar-refractivity contribution in [2.45, 2.75) is 19.4 Å². The van der Waals surface area contributed by atoms with Gasteiger partial charge in [-0.05, 0) is 13.5 Å². The van der Waals surface area contributed by atoms with Crippen LogP contribution in [0.25, 0.3) is 0 Å². The summed E-state index contributed by atoms with van der Waals surface area (Å²) in [4.78, 5) is 0. The molecule has 68 valence electrons. The molecule has 1 atom stereocenters. The Hall–Kier alpha value is -0.520. The van der Waals surface area contributed by atoms with E-state index in [4.69, 9.17) is 10.5 Å². The smallest absolute Gasteiger partial charge is 0.146 e. The highest BCUT2D eigenvalue weighted by atomic mass is 32.1. The Morgan fingerprint density at radius 1 is 1.58 bits per heavy atom. The number of hydrogen-bond donors (Lipinski definition) is 1. The molecule has 0 amide bonds. The normalized spacial score (nSPS) is 13.2. The Bertz CT molecular complexity index is 238. The molecule has 0 aliphatic heterocycles. The first-order valence-electron chi connectivity index (χ1n) is 3.83. The number of nitrogens with two attached hydrogens (primary N) is 1. The van der Waals surface area contributed by atoms with E-state index in [1.54, 1.807) is 18.4 Å². The fourth-order valence-corrected chi connectivity index (χ4v) is 1.64. The monoisotopic (exact) mass is 187 g/mol. The highest BCUT2D eigenvalue weighted by Gasteiger charge is 2.09. The van der Waals surface area contributed by atoms with Crippen LogP contribution in [-0.4, -0.2) is 23.9 Å². The van der Waals surface area contributed by atoms with Crippen LogP contribution in [0.3, 0.4) is 0 Å². The topological polar surface area (TPSA) is 61.0 Å². The molecule has 0 saturated heterocycles. The molecule has 0 aromatic carbocycles. The van der Waals surface area contributed by atoms with E-state index < -0.39 is 0 Å². The van der Waals surface area contributed by atoms with Crippen LogP contribution in [0, 0.1) is 0 Å². The van der Waals surface area contributed by atoms with Crippen LogP contribution in [0.4, 0.5) is 0 Å². The van der Waals surface area contributed by atoms with Gasteiger partial charge in [0.15, 0.2) is 0 Å². The minimum Gasteiger partial charge on any atom is -0.374 e. The molecular weight excluding hydrogens is 174 g/mol. The van der Waals surface area contributed by atoms with Gasteiger partial charge in [-0.25, -0.2) is 0 Å². The maximum atomic E-state index is 5.39. The molecule has 1 rings (SSSR count). The highest BCUT2D eigenvalue weighted by Crippen LogP contribution is 2.19. The molecule has 0 bridgehead atoms. The first kappa shape index (κ1) is 9.57. The van der Waals surface area contributed by atoms with Gasteiger partial charge in [0.2, 0.25) is 0 Å². The summed E-state index contributed by atoms with van der Waals surface area (Å²) < 4.78 is 5.10. The molecule has 4 nitrogen and oxygen atoms in total. The van der Waals surface area contributed by atoms with E-state index in [9.17, 15) is 0 Å². The van der Waals surface area contributed by atoms with Gasteiger partial charge in [-0.1, -0.05) is 11.3 Å². The van der Waals surface area contributed by atoms with E-state index in [0.29, 0.717) is 6.54 Å². The number of nitrogens with zero attached hydrogens (tertiary/aromatic N) is 2. The van der Waals surface area contributed by atoms with Crippen LogP contribution in [0.15, 0.2) is 0 Å². The molecule has 1 aromatic rings. The van der Waals surface area contributed by atoms with Crippen molar-refractivity contribution in [2.24, 2.45) is 5.73 Å². The molecular formula is C7H13N3OS.